The third kappa shape index (κ3) is 5.36. The van der Waals surface area contributed by atoms with Gasteiger partial charge in [-0.2, -0.15) is 5.10 Å². The summed E-state index contributed by atoms with van der Waals surface area (Å²) in [6, 6.07) is 5.70. The largest absolute Gasteiger partial charge is 0.493 e. The van der Waals surface area contributed by atoms with Gasteiger partial charge in [0.2, 0.25) is 0 Å². The highest BCUT2D eigenvalue weighted by Crippen LogP contribution is 2.27. The molecule has 0 radical (unpaired) electrons. The Morgan fingerprint density at radius 2 is 2.15 bits per heavy atom. The molecule has 2 rings (SSSR count). The number of nitrogens with two attached hydrogens (primary N) is 1. The summed E-state index contributed by atoms with van der Waals surface area (Å²) in [5.74, 6) is 1.67. The summed E-state index contributed by atoms with van der Waals surface area (Å²) >= 11 is 0. The van der Waals surface area contributed by atoms with Crippen LogP contribution in [-0.2, 0) is 13.0 Å². The molecule has 1 aromatic carbocycles. The first kappa shape index (κ1) is 19.0. The first-order valence-electron chi connectivity index (χ1n) is 7.95. The van der Waals surface area contributed by atoms with Crippen LogP contribution in [-0.4, -0.2) is 48.0 Å². The predicted octanol–water partition coefficient (Wildman–Crippen LogP) is 0.956. The van der Waals surface area contributed by atoms with Crippen LogP contribution in [0.15, 0.2) is 35.6 Å². The number of aliphatic imine (C=N–C) groups is 1. The van der Waals surface area contributed by atoms with E-state index in [1.54, 1.807) is 14.2 Å². The molecule has 0 saturated heterocycles. The van der Waals surface area contributed by atoms with E-state index in [-0.39, 0.29) is 5.69 Å². The van der Waals surface area contributed by atoms with Crippen molar-refractivity contribution in [3.05, 3.63) is 46.3 Å². The zero-order valence-electron chi connectivity index (χ0n) is 14.7. The second-order valence-electron chi connectivity index (χ2n) is 5.35. The van der Waals surface area contributed by atoms with Crippen LogP contribution >= 0.6 is 0 Å². The van der Waals surface area contributed by atoms with Gasteiger partial charge in [-0.1, -0.05) is 6.07 Å². The molecular formula is C16H22N6O4. The van der Waals surface area contributed by atoms with Gasteiger partial charge in [0.15, 0.2) is 17.5 Å². The fraction of sp³-hybridized carbons (Fsp3) is 0.375. The van der Waals surface area contributed by atoms with E-state index in [1.165, 1.54) is 17.1 Å². The molecule has 0 fully saturated rings. The summed E-state index contributed by atoms with van der Waals surface area (Å²) in [4.78, 5) is 14.4. The Bertz CT molecular complexity index is 774. The topological polar surface area (TPSA) is 130 Å². The van der Waals surface area contributed by atoms with Crippen LogP contribution in [0.1, 0.15) is 5.56 Å². The maximum atomic E-state index is 10.6. The summed E-state index contributed by atoms with van der Waals surface area (Å²) in [5.41, 5.74) is 6.83. The molecule has 0 aliphatic carbocycles. The van der Waals surface area contributed by atoms with E-state index in [0.29, 0.717) is 43.5 Å². The van der Waals surface area contributed by atoms with Crippen molar-refractivity contribution in [1.29, 1.82) is 0 Å². The molecular weight excluding hydrogens is 340 g/mol. The summed E-state index contributed by atoms with van der Waals surface area (Å²) < 4.78 is 11.9. The molecule has 0 unspecified atom stereocenters. The van der Waals surface area contributed by atoms with E-state index >= 15 is 0 Å². The van der Waals surface area contributed by atoms with Crippen LogP contribution in [0.5, 0.6) is 11.5 Å². The molecule has 0 atom stereocenters. The first-order chi connectivity index (χ1) is 12.5. The quantitative estimate of drug-likeness (QED) is 0.294. The van der Waals surface area contributed by atoms with Crippen molar-refractivity contribution in [3.63, 3.8) is 0 Å². The molecule has 0 bridgehead atoms. The van der Waals surface area contributed by atoms with Gasteiger partial charge in [-0.25, -0.2) is 0 Å². The van der Waals surface area contributed by atoms with E-state index in [0.717, 1.165) is 5.56 Å². The van der Waals surface area contributed by atoms with Gasteiger partial charge in [0.25, 0.3) is 0 Å². The number of nitrogens with one attached hydrogen (secondary N) is 1. The minimum atomic E-state index is -0.485. The molecule has 0 saturated carbocycles. The van der Waals surface area contributed by atoms with Gasteiger partial charge in [0, 0.05) is 13.1 Å². The molecule has 2 aromatic rings. The average Bonchev–Trinajstić information content (AvgIpc) is 3.11. The highest BCUT2D eigenvalue weighted by molar-refractivity contribution is 5.77. The van der Waals surface area contributed by atoms with Gasteiger partial charge < -0.3 is 20.5 Å². The summed E-state index contributed by atoms with van der Waals surface area (Å²) in [7, 11) is 3.19. The molecule has 140 valence electrons. The maximum Gasteiger partial charge on any atom is 0.306 e. The van der Waals surface area contributed by atoms with Gasteiger partial charge in [0.1, 0.15) is 12.4 Å². The monoisotopic (exact) mass is 362 g/mol. The van der Waals surface area contributed by atoms with E-state index in [2.05, 4.69) is 15.4 Å². The Hall–Kier alpha value is -3.30. The lowest BCUT2D eigenvalue weighted by Gasteiger charge is -2.09. The third-order valence-electron chi connectivity index (χ3n) is 3.61. The van der Waals surface area contributed by atoms with E-state index < -0.39 is 4.92 Å². The normalized spacial score (nSPS) is 11.2. The van der Waals surface area contributed by atoms with Crippen molar-refractivity contribution in [2.75, 3.05) is 27.3 Å². The van der Waals surface area contributed by atoms with Crippen LogP contribution in [0.25, 0.3) is 0 Å². The van der Waals surface area contributed by atoms with Crippen LogP contribution in [0.2, 0.25) is 0 Å². The molecule has 3 N–H and O–H groups in total. The molecule has 0 amide bonds. The van der Waals surface area contributed by atoms with E-state index in [4.69, 9.17) is 15.2 Å². The number of rotatable bonds is 9. The molecule has 26 heavy (non-hydrogen) atoms. The SMILES string of the molecule is COc1ccc(CCN=C(N)NCCn2cc([N+](=O)[O-])cn2)cc1OC. The standard InChI is InChI=1S/C16H22N6O4/c1-25-14-4-3-12(9-15(14)26-2)5-6-18-16(17)19-7-8-21-11-13(10-20-21)22(23)24/h3-4,9-11H,5-8H2,1-2H3,(H3,17,18,19). The number of hydrogen-bond donors (Lipinski definition) is 2. The van der Waals surface area contributed by atoms with Crippen molar-refractivity contribution in [1.82, 2.24) is 15.1 Å². The molecule has 0 aliphatic heterocycles. The van der Waals surface area contributed by atoms with Crippen LogP contribution in [0, 0.1) is 10.1 Å². The highest BCUT2D eigenvalue weighted by atomic mass is 16.6. The number of benzene rings is 1. The first-order valence-corrected chi connectivity index (χ1v) is 7.95. The Labute approximate surface area is 150 Å². The molecule has 10 nitrogen and oxygen atoms in total. The number of nitrogens with zero attached hydrogens (tertiary/aromatic N) is 4. The number of hydrogen-bond acceptors (Lipinski definition) is 6. The summed E-state index contributed by atoms with van der Waals surface area (Å²) in [6.45, 7) is 1.42. The highest BCUT2D eigenvalue weighted by Gasteiger charge is 2.08. The zero-order valence-corrected chi connectivity index (χ0v) is 14.7. The summed E-state index contributed by atoms with van der Waals surface area (Å²) in [5, 5.41) is 17.4. The smallest absolute Gasteiger partial charge is 0.306 e. The number of aromatic nitrogens is 2. The van der Waals surface area contributed by atoms with Crippen molar-refractivity contribution in [3.8, 4) is 11.5 Å². The Kier molecular flexibility index (Phi) is 6.77. The van der Waals surface area contributed by atoms with Crippen LogP contribution in [0.3, 0.4) is 0 Å². The molecule has 0 aliphatic rings. The van der Waals surface area contributed by atoms with Gasteiger partial charge in [-0.15, -0.1) is 0 Å². The lowest BCUT2D eigenvalue weighted by molar-refractivity contribution is -0.385. The number of methoxy groups -OCH3 is 2. The van der Waals surface area contributed by atoms with Gasteiger partial charge in [0.05, 0.1) is 25.7 Å². The predicted molar refractivity (Wildman–Crippen MR) is 96.6 cm³/mol. The van der Waals surface area contributed by atoms with Gasteiger partial charge >= 0.3 is 5.69 Å². The zero-order chi connectivity index (χ0) is 18.9. The van der Waals surface area contributed by atoms with Crippen LogP contribution < -0.4 is 20.5 Å². The Morgan fingerprint density at radius 1 is 1.38 bits per heavy atom. The lowest BCUT2D eigenvalue weighted by Crippen LogP contribution is -2.34. The maximum absolute atomic E-state index is 10.6. The van der Waals surface area contributed by atoms with E-state index in [9.17, 15) is 10.1 Å². The van der Waals surface area contributed by atoms with E-state index in [1.807, 2.05) is 18.2 Å². The Balaban J connectivity index is 1.76. The fourth-order valence-corrected chi connectivity index (χ4v) is 2.27. The third-order valence-corrected chi connectivity index (χ3v) is 3.61. The fourth-order valence-electron chi connectivity index (χ4n) is 2.27. The number of guanidine groups is 1. The lowest BCUT2D eigenvalue weighted by atomic mass is 10.1. The van der Waals surface area contributed by atoms with Gasteiger partial charge in [-0.05, 0) is 24.1 Å². The van der Waals surface area contributed by atoms with Gasteiger partial charge in [-0.3, -0.25) is 19.8 Å². The second kappa shape index (κ2) is 9.25. The minimum Gasteiger partial charge on any atom is -0.493 e. The second-order valence-corrected chi connectivity index (χ2v) is 5.35. The molecule has 10 heteroatoms. The molecule has 1 aromatic heterocycles. The Morgan fingerprint density at radius 3 is 2.81 bits per heavy atom. The minimum absolute atomic E-state index is 0.0402. The number of ether oxygens (including phenoxy) is 2. The summed E-state index contributed by atoms with van der Waals surface area (Å²) in [6.07, 6.45) is 3.28. The van der Waals surface area contributed by atoms with Crippen molar-refractivity contribution < 1.29 is 14.4 Å². The number of nitro groups is 1. The molecule has 0 spiro atoms. The van der Waals surface area contributed by atoms with Crippen molar-refractivity contribution >= 4 is 11.6 Å². The molecule has 1 heterocycles. The van der Waals surface area contributed by atoms with Crippen molar-refractivity contribution in [2.24, 2.45) is 10.7 Å². The van der Waals surface area contributed by atoms with Crippen molar-refractivity contribution in [2.45, 2.75) is 13.0 Å². The average molecular weight is 362 g/mol. The van der Waals surface area contributed by atoms with Crippen LogP contribution in [0.4, 0.5) is 5.69 Å².